The van der Waals surface area contributed by atoms with Crippen molar-refractivity contribution in [2.75, 3.05) is 13.1 Å². The molecule has 1 saturated carbocycles. The first-order chi connectivity index (χ1) is 8.99. The number of hydrogen-bond acceptors (Lipinski definition) is 3. The predicted octanol–water partition coefficient (Wildman–Crippen LogP) is 0.444. The van der Waals surface area contributed by atoms with Gasteiger partial charge in [-0.3, -0.25) is 0 Å². The minimum absolute atomic E-state index is 0.0531. The normalized spacial score (nSPS) is 22.2. The fourth-order valence-corrected chi connectivity index (χ4v) is 3.99. The van der Waals surface area contributed by atoms with E-state index in [1.807, 2.05) is 30.3 Å². The summed E-state index contributed by atoms with van der Waals surface area (Å²) >= 11 is 0. The Labute approximate surface area is 114 Å². The van der Waals surface area contributed by atoms with Crippen molar-refractivity contribution in [3.05, 3.63) is 35.9 Å². The molecule has 6 heteroatoms. The van der Waals surface area contributed by atoms with Crippen molar-refractivity contribution in [2.45, 2.75) is 25.4 Å². The van der Waals surface area contributed by atoms with Gasteiger partial charge in [0.2, 0.25) is 0 Å². The van der Waals surface area contributed by atoms with Crippen LogP contribution < -0.4 is 10.5 Å². The molecule has 1 aliphatic carbocycles. The van der Waals surface area contributed by atoms with E-state index >= 15 is 0 Å². The highest BCUT2D eigenvalue weighted by atomic mass is 32.2. The summed E-state index contributed by atoms with van der Waals surface area (Å²) < 4.78 is 25.0. The molecule has 0 aromatic heterocycles. The van der Waals surface area contributed by atoms with Gasteiger partial charge in [0.05, 0.1) is 0 Å². The number of rotatable bonds is 4. The largest absolute Gasteiger partial charge is 0.316 e. The molecule has 0 atom stereocenters. The van der Waals surface area contributed by atoms with Gasteiger partial charge in [-0.15, -0.1) is 0 Å². The molecule has 5 nitrogen and oxygen atoms in total. The summed E-state index contributed by atoms with van der Waals surface area (Å²) in [5, 5.41) is 8.62. The van der Waals surface area contributed by atoms with E-state index in [0.29, 0.717) is 12.0 Å². The van der Waals surface area contributed by atoms with Crippen molar-refractivity contribution in [3.8, 4) is 0 Å². The van der Waals surface area contributed by atoms with E-state index in [0.717, 1.165) is 31.5 Å². The molecule has 0 radical (unpaired) electrons. The first-order valence-electron chi connectivity index (χ1n) is 6.53. The fraction of sp³-hybridized carbons (Fsp3) is 0.538. The molecule has 3 N–H and O–H groups in total. The maximum atomic E-state index is 11.8. The second-order valence-corrected chi connectivity index (χ2v) is 7.24. The highest BCUT2D eigenvalue weighted by Crippen LogP contribution is 2.47. The van der Waals surface area contributed by atoms with Gasteiger partial charge in [0, 0.05) is 25.7 Å². The van der Waals surface area contributed by atoms with Crippen molar-refractivity contribution in [2.24, 2.45) is 10.6 Å². The topological polar surface area (TPSA) is 75.4 Å². The van der Waals surface area contributed by atoms with E-state index in [2.05, 4.69) is 5.32 Å². The number of benzene rings is 1. The predicted molar refractivity (Wildman–Crippen MR) is 73.4 cm³/mol. The van der Waals surface area contributed by atoms with Crippen LogP contribution in [0, 0.1) is 5.41 Å². The van der Waals surface area contributed by atoms with Gasteiger partial charge in [-0.2, -0.15) is 12.7 Å². The van der Waals surface area contributed by atoms with Crippen molar-refractivity contribution in [1.82, 2.24) is 9.62 Å². The zero-order valence-corrected chi connectivity index (χ0v) is 11.6. The van der Waals surface area contributed by atoms with Gasteiger partial charge in [-0.25, -0.2) is 5.14 Å². The number of hydrogen-bond donors (Lipinski definition) is 2. The van der Waals surface area contributed by atoms with Gasteiger partial charge in [0.1, 0.15) is 0 Å². The van der Waals surface area contributed by atoms with Gasteiger partial charge in [-0.1, -0.05) is 30.3 Å². The quantitative estimate of drug-likeness (QED) is 0.841. The summed E-state index contributed by atoms with van der Waals surface area (Å²) in [5.41, 5.74) is 1.31. The Morgan fingerprint density at radius 2 is 1.89 bits per heavy atom. The van der Waals surface area contributed by atoms with E-state index in [-0.39, 0.29) is 6.04 Å². The Balaban J connectivity index is 1.72. The standard InChI is InChI=1S/C13H19N3O2S/c14-19(17,18)16(8-11-4-2-1-3-5-11)12-6-13(7-12)9-15-10-13/h1-5,12,15H,6-10H2,(H2,14,17,18). The lowest BCUT2D eigenvalue weighted by atomic mass is 9.61. The average molecular weight is 281 g/mol. The van der Waals surface area contributed by atoms with Gasteiger partial charge in [0.25, 0.3) is 10.2 Å². The van der Waals surface area contributed by atoms with E-state index in [1.54, 1.807) is 0 Å². The first kappa shape index (κ1) is 13.1. The molecule has 1 spiro atoms. The Bertz CT molecular complexity index is 547. The third-order valence-corrected chi connectivity index (χ3v) is 5.33. The van der Waals surface area contributed by atoms with Crippen LogP contribution in [0.1, 0.15) is 18.4 Å². The summed E-state index contributed by atoms with van der Waals surface area (Å²) in [6.45, 7) is 2.38. The second-order valence-electron chi connectivity index (χ2n) is 5.74. The molecule has 0 amide bonds. The summed E-state index contributed by atoms with van der Waals surface area (Å²) in [6, 6.07) is 9.65. The molecule has 1 aromatic rings. The van der Waals surface area contributed by atoms with Gasteiger partial charge < -0.3 is 5.32 Å². The maximum absolute atomic E-state index is 11.8. The minimum Gasteiger partial charge on any atom is -0.316 e. The summed E-state index contributed by atoms with van der Waals surface area (Å²) in [5.74, 6) is 0. The molecular formula is C13H19N3O2S. The summed E-state index contributed by atoms with van der Waals surface area (Å²) in [7, 11) is -3.64. The molecule has 1 aliphatic heterocycles. The van der Waals surface area contributed by atoms with Crippen LogP contribution in [0.25, 0.3) is 0 Å². The zero-order chi connectivity index (χ0) is 13.5. The molecule has 19 heavy (non-hydrogen) atoms. The van der Waals surface area contributed by atoms with Crippen molar-refractivity contribution >= 4 is 10.2 Å². The van der Waals surface area contributed by atoms with Crippen LogP contribution >= 0.6 is 0 Å². The van der Waals surface area contributed by atoms with Crippen LogP contribution in [0.15, 0.2) is 30.3 Å². The monoisotopic (exact) mass is 281 g/mol. The van der Waals surface area contributed by atoms with E-state index < -0.39 is 10.2 Å². The van der Waals surface area contributed by atoms with E-state index in [9.17, 15) is 8.42 Å². The fourth-order valence-electron chi connectivity index (χ4n) is 3.10. The van der Waals surface area contributed by atoms with Crippen molar-refractivity contribution in [1.29, 1.82) is 0 Å². The Morgan fingerprint density at radius 1 is 1.26 bits per heavy atom. The summed E-state index contributed by atoms with van der Waals surface area (Å²) in [6.07, 6.45) is 1.84. The first-order valence-corrected chi connectivity index (χ1v) is 8.03. The molecule has 104 valence electrons. The van der Waals surface area contributed by atoms with E-state index in [1.165, 1.54) is 4.31 Å². The molecule has 1 saturated heterocycles. The molecule has 2 fully saturated rings. The van der Waals surface area contributed by atoms with Crippen molar-refractivity contribution in [3.63, 3.8) is 0 Å². The number of nitrogens with one attached hydrogen (secondary N) is 1. The molecule has 1 heterocycles. The number of nitrogens with zero attached hydrogens (tertiary/aromatic N) is 1. The second kappa shape index (κ2) is 4.56. The average Bonchev–Trinajstić information content (AvgIpc) is 2.24. The van der Waals surface area contributed by atoms with Crippen molar-refractivity contribution < 1.29 is 8.42 Å². The summed E-state index contributed by atoms with van der Waals surface area (Å²) in [4.78, 5) is 0. The van der Waals surface area contributed by atoms with Crippen LogP contribution in [0.3, 0.4) is 0 Å². The molecule has 2 aliphatic rings. The van der Waals surface area contributed by atoms with Crippen LogP contribution in [0.5, 0.6) is 0 Å². The lowest BCUT2D eigenvalue weighted by Gasteiger charge is -2.56. The SMILES string of the molecule is NS(=O)(=O)N(Cc1ccccc1)C1CC2(CNC2)C1. The third kappa shape index (κ3) is 2.53. The Kier molecular flexibility index (Phi) is 3.13. The molecule has 3 rings (SSSR count). The van der Waals surface area contributed by atoms with Crippen LogP contribution in [0.2, 0.25) is 0 Å². The maximum Gasteiger partial charge on any atom is 0.277 e. The smallest absolute Gasteiger partial charge is 0.277 e. The third-order valence-electron chi connectivity index (χ3n) is 4.25. The van der Waals surface area contributed by atoms with Crippen LogP contribution in [-0.4, -0.2) is 31.9 Å². The lowest BCUT2D eigenvalue weighted by Crippen LogP contribution is -2.66. The Hall–Kier alpha value is -0.950. The highest BCUT2D eigenvalue weighted by Gasteiger charge is 2.51. The van der Waals surface area contributed by atoms with Crippen LogP contribution in [0.4, 0.5) is 0 Å². The van der Waals surface area contributed by atoms with Crippen LogP contribution in [-0.2, 0) is 16.8 Å². The molecule has 1 aromatic carbocycles. The van der Waals surface area contributed by atoms with Gasteiger partial charge in [0.15, 0.2) is 0 Å². The number of nitrogens with two attached hydrogens (primary N) is 1. The molecule has 0 unspecified atom stereocenters. The Morgan fingerprint density at radius 3 is 2.37 bits per heavy atom. The highest BCUT2D eigenvalue weighted by molar-refractivity contribution is 7.86. The zero-order valence-electron chi connectivity index (χ0n) is 10.7. The minimum atomic E-state index is -3.64. The van der Waals surface area contributed by atoms with E-state index in [4.69, 9.17) is 5.14 Å². The van der Waals surface area contributed by atoms with Gasteiger partial charge in [-0.05, 0) is 23.8 Å². The lowest BCUT2D eigenvalue weighted by molar-refractivity contribution is -0.00865. The molecular weight excluding hydrogens is 262 g/mol. The molecule has 0 bridgehead atoms. The van der Waals surface area contributed by atoms with Gasteiger partial charge >= 0.3 is 0 Å².